The van der Waals surface area contributed by atoms with E-state index in [4.69, 9.17) is 4.74 Å². The van der Waals surface area contributed by atoms with Gasteiger partial charge in [-0.25, -0.2) is 0 Å². The molecule has 6 heteroatoms. The number of hydrogen-bond donors (Lipinski definition) is 1. The normalized spacial score (nSPS) is 14.9. The van der Waals surface area contributed by atoms with Crippen molar-refractivity contribution in [2.24, 2.45) is 0 Å². The van der Waals surface area contributed by atoms with Crippen LogP contribution in [0.1, 0.15) is 28.9 Å². The number of benzene rings is 3. The molecule has 1 atom stereocenters. The molecule has 0 aromatic heterocycles. The molecule has 0 bridgehead atoms. The second-order valence-electron chi connectivity index (χ2n) is 9.00. The summed E-state index contributed by atoms with van der Waals surface area (Å²) in [6, 6.07) is 26.8. The van der Waals surface area contributed by atoms with E-state index in [2.05, 4.69) is 74.6 Å². The molecule has 3 aromatic carbocycles. The van der Waals surface area contributed by atoms with Crippen LogP contribution in [0.4, 0.5) is 11.4 Å². The summed E-state index contributed by atoms with van der Waals surface area (Å²) in [5.74, 6) is 0.516. The molecule has 1 aliphatic rings. The third-order valence-corrected chi connectivity index (χ3v) is 6.56. The predicted molar refractivity (Wildman–Crippen MR) is 144 cm³/mol. The first kappa shape index (κ1) is 24.6. The summed E-state index contributed by atoms with van der Waals surface area (Å²) in [7, 11) is 4.09. The minimum absolute atomic E-state index is 0.0901. The topological polar surface area (TPSA) is 48.1 Å². The minimum atomic E-state index is -0.105. The fourth-order valence-electron chi connectivity index (χ4n) is 4.60. The Morgan fingerprint density at radius 2 is 1.57 bits per heavy atom. The van der Waals surface area contributed by atoms with Crippen molar-refractivity contribution >= 4 is 17.3 Å². The Kier molecular flexibility index (Phi) is 8.27. The minimum Gasteiger partial charge on any atom is -0.493 e. The van der Waals surface area contributed by atoms with Gasteiger partial charge in [0, 0.05) is 58.2 Å². The molecule has 1 N–H and O–H groups in total. The summed E-state index contributed by atoms with van der Waals surface area (Å²) in [4.78, 5) is 20.1. The smallest absolute Gasteiger partial charge is 0.255 e. The summed E-state index contributed by atoms with van der Waals surface area (Å²) >= 11 is 0. The average Bonchev–Trinajstić information content (AvgIpc) is 2.90. The van der Waals surface area contributed by atoms with Crippen LogP contribution in [0.3, 0.4) is 0 Å². The molecule has 1 fully saturated rings. The third-order valence-electron chi connectivity index (χ3n) is 6.56. The number of rotatable bonds is 9. The van der Waals surface area contributed by atoms with Gasteiger partial charge in [-0.2, -0.15) is 0 Å². The van der Waals surface area contributed by atoms with E-state index in [0.29, 0.717) is 24.5 Å². The Labute approximate surface area is 209 Å². The first-order valence-corrected chi connectivity index (χ1v) is 12.4. The number of carbonyl (C=O) groups excluding carboxylic acids is 1. The van der Waals surface area contributed by atoms with Crippen molar-refractivity contribution in [1.29, 1.82) is 0 Å². The molecule has 1 saturated heterocycles. The van der Waals surface area contributed by atoms with Gasteiger partial charge < -0.3 is 19.9 Å². The molecule has 4 rings (SSSR count). The van der Waals surface area contributed by atoms with Gasteiger partial charge in [0.1, 0.15) is 5.75 Å². The molecule has 184 valence electrons. The second-order valence-corrected chi connectivity index (χ2v) is 9.00. The number of ether oxygens (including phenoxy) is 1. The lowest BCUT2D eigenvalue weighted by molar-refractivity contribution is 0.0926. The Balaban J connectivity index is 1.49. The summed E-state index contributed by atoms with van der Waals surface area (Å²) in [6.45, 7) is 6.76. The molecule has 0 aliphatic carbocycles. The maximum absolute atomic E-state index is 13.1. The number of nitrogens with zero attached hydrogens (tertiary/aromatic N) is 3. The Morgan fingerprint density at radius 1 is 0.914 bits per heavy atom. The van der Waals surface area contributed by atoms with Gasteiger partial charge in [0.2, 0.25) is 0 Å². The van der Waals surface area contributed by atoms with Crippen LogP contribution in [0.2, 0.25) is 0 Å². The quantitative estimate of drug-likeness (QED) is 0.499. The first-order valence-electron chi connectivity index (χ1n) is 12.4. The number of hydrogen-bond acceptors (Lipinski definition) is 5. The molecule has 1 amide bonds. The van der Waals surface area contributed by atoms with Crippen molar-refractivity contribution in [2.45, 2.75) is 13.0 Å². The predicted octanol–water partition coefficient (Wildman–Crippen LogP) is 4.44. The van der Waals surface area contributed by atoms with Crippen LogP contribution in [0.5, 0.6) is 5.75 Å². The van der Waals surface area contributed by atoms with E-state index in [1.54, 1.807) is 0 Å². The van der Waals surface area contributed by atoms with Crippen LogP contribution in [-0.4, -0.2) is 64.2 Å². The van der Waals surface area contributed by atoms with E-state index < -0.39 is 0 Å². The zero-order valence-electron chi connectivity index (χ0n) is 21.0. The molecule has 35 heavy (non-hydrogen) atoms. The van der Waals surface area contributed by atoms with Crippen LogP contribution < -0.4 is 19.9 Å². The van der Waals surface area contributed by atoms with E-state index in [9.17, 15) is 4.79 Å². The lowest BCUT2D eigenvalue weighted by Gasteiger charge is -2.40. The molecule has 1 aliphatic heterocycles. The van der Waals surface area contributed by atoms with Gasteiger partial charge in [0.05, 0.1) is 18.2 Å². The number of piperazine rings is 1. The maximum atomic E-state index is 13.1. The Morgan fingerprint density at radius 3 is 2.23 bits per heavy atom. The van der Waals surface area contributed by atoms with Gasteiger partial charge in [-0.1, -0.05) is 42.5 Å². The molecule has 6 nitrogen and oxygen atoms in total. The summed E-state index contributed by atoms with van der Waals surface area (Å²) in [5.41, 5.74) is 4.21. The van der Waals surface area contributed by atoms with Gasteiger partial charge in [-0.05, 0) is 48.9 Å². The van der Waals surface area contributed by atoms with Gasteiger partial charge >= 0.3 is 0 Å². The number of anilines is 2. The average molecular weight is 473 g/mol. The Bertz CT molecular complexity index is 1080. The SMILES string of the molecule is CCOc1ccccc1C(=O)NC[C@@H](c1ccc(N(C)C)cc1)N1CCN(c2ccccc2)CC1. The lowest BCUT2D eigenvalue weighted by atomic mass is 10.0. The Hall–Kier alpha value is -3.51. The molecular weight excluding hydrogens is 436 g/mol. The van der Waals surface area contributed by atoms with Crippen molar-refractivity contribution < 1.29 is 9.53 Å². The molecule has 0 radical (unpaired) electrons. The van der Waals surface area contributed by atoms with Crippen LogP contribution in [0, 0.1) is 0 Å². The van der Waals surface area contributed by atoms with Gasteiger partial charge in [-0.15, -0.1) is 0 Å². The van der Waals surface area contributed by atoms with Crippen molar-refractivity contribution in [3.05, 3.63) is 90.0 Å². The highest BCUT2D eigenvalue weighted by Crippen LogP contribution is 2.26. The maximum Gasteiger partial charge on any atom is 0.255 e. The monoisotopic (exact) mass is 472 g/mol. The van der Waals surface area contributed by atoms with Crippen molar-refractivity contribution in [2.75, 3.05) is 63.2 Å². The van der Waals surface area contributed by atoms with E-state index >= 15 is 0 Å². The summed E-state index contributed by atoms with van der Waals surface area (Å²) in [5, 5.41) is 3.19. The van der Waals surface area contributed by atoms with E-state index in [1.165, 1.54) is 11.3 Å². The largest absolute Gasteiger partial charge is 0.493 e. The fraction of sp³-hybridized carbons (Fsp3) is 0.345. The van der Waals surface area contributed by atoms with Gasteiger partial charge in [-0.3, -0.25) is 9.69 Å². The highest BCUT2D eigenvalue weighted by atomic mass is 16.5. The lowest BCUT2D eigenvalue weighted by Crippen LogP contribution is -2.50. The number of carbonyl (C=O) groups is 1. The van der Waals surface area contributed by atoms with E-state index in [-0.39, 0.29) is 11.9 Å². The van der Waals surface area contributed by atoms with Gasteiger partial charge in [0.25, 0.3) is 5.91 Å². The van der Waals surface area contributed by atoms with Crippen LogP contribution >= 0.6 is 0 Å². The molecule has 0 saturated carbocycles. The van der Waals surface area contributed by atoms with Crippen LogP contribution in [-0.2, 0) is 0 Å². The highest BCUT2D eigenvalue weighted by Gasteiger charge is 2.26. The first-order chi connectivity index (χ1) is 17.1. The van der Waals surface area contributed by atoms with Crippen molar-refractivity contribution in [1.82, 2.24) is 10.2 Å². The zero-order valence-corrected chi connectivity index (χ0v) is 21.0. The highest BCUT2D eigenvalue weighted by molar-refractivity contribution is 5.96. The van der Waals surface area contributed by atoms with Crippen LogP contribution in [0.25, 0.3) is 0 Å². The standard InChI is InChI=1S/C29H36N4O2/c1-4-35-28-13-9-8-12-26(28)29(34)30-22-27(23-14-16-24(17-15-23)31(2)3)33-20-18-32(19-21-33)25-10-6-5-7-11-25/h5-17,27H,4,18-22H2,1-3H3,(H,30,34)/t27-/m0/s1. The van der Waals surface area contributed by atoms with E-state index in [1.807, 2.05) is 45.3 Å². The second kappa shape index (κ2) is 11.8. The molecule has 0 unspecified atom stereocenters. The number of nitrogens with one attached hydrogen (secondary N) is 1. The number of para-hydroxylation sites is 2. The van der Waals surface area contributed by atoms with Crippen LogP contribution in [0.15, 0.2) is 78.9 Å². The molecular formula is C29H36N4O2. The van der Waals surface area contributed by atoms with Crippen molar-refractivity contribution in [3.8, 4) is 5.75 Å². The molecule has 3 aromatic rings. The summed E-state index contributed by atoms with van der Waals surface area (Å²) in [6.07, 6.45) is 0. The van der Waals surface area contributed by atoms with Gasteiger partial charge in [0.15, 0.2) is 0 Å². The summed E-state index contributed by atoms with van der Waals surface area (Å²) < 4.78 is 5.67. The van der Waals surface area contributed by atoms with E-state index in [0.717, 1.165) is 31.9 Å². The third kappa shape index (κ3) is 6.14. The number of amides is 1. The molecule has 1 heterocycles. The zero-order chi connectivity index (χ0) is 24.6. The fourth-order valence-corrected chi connectivity index (χ4v) is 4.60. The van der Waals surface area contributed by atoms with Crippen molar-refractivity contribution in [3.63, 3.8) is 0 Å². The molecule has 0 spiro atoms.